The number of esters is 1. The lowest BCUT2D eigenvalue weighted by molar-refractivity contribution is -0.164. The summed E-state index contributed by atoms with van der Waals surface area (Å²) in [5, 5.41) is 3.36. The fourth-order valence-corrected chi connectivity index (χ4v) is 3.53. The Labute approximate surface area is 150 Å². The van der Waals surface area contributed by atoms with Gasteiger partial charge in [-0.1, -0.05) is 60.7 Å². The van der Waals surface area contributed by atoms with Crippen molar-refractivity contribution in [2.45, 2.75) is 44.1 Å². The molecule has 1 aliphatic rings. The van der Waals surface area contributed by atoms with Crippen LogP contribution in [0.2, 0.25) is 0 Å². The first-order chi connectivity index (χ1) is 12.3. The normalized spacial score (nSPS) is 16.3. The van der Waals surface area contributed by atoms with Gasteiger partial charge in [0, 0.05) is 19.3 Å². The SMILES string of the molecule is O=C(CCCCc1ccccc1)OC1(c2ccccc2)CCNCC1. The highest BCUT2D eigenvalue weighted by Crippen LogP contribution is 2.35. The van der Waals surface area contributed by atoms with Gasteiger partial charge in [0.25, 0.3) is 0 Å². The van der Waals surface area contributed by atoms with Crippen LogP contribution in [0.5, 0.6) is 0 Å². The van der Waals surface area contributed by atoms with Gasteiger partial charge in [0.05, 0.1) is 0 Å². The predicted octanol–water partition coefficient (Wildman–Crippen LogP) is 4.22. The van der Waals surface area contributed by atoms with Crippen molar-refractivity contribution in [3.63, 3.8) is 0 Å². The smallest absolute Gasteiger partial charge is 0.306 e. The van der Waals surface area contributed by atoms with Gasteiger partial charge in [-0.3, -0.25) is 4.79 Å². The van der Waals surface area contributed by atoms with E-state index >= 15 is 0 Å². The van der Waals surface area contributed by atoms with Crippen LogP contribution in [0.15, 0.2) is 60.7 Å². The Morgan fingerprint density at radius 2 is 1.56 bits per heavy atom. The van der Waals surface area contributed by atoms with Crippen LogP contribution in [-0.4, -0.2) is 19.1 Å². The minimum absolute atomic E-state index is 0.0705. The molecule has 0 radical (unpaired) electrons. The quantitative estimate of drug-likeness (QED) is 0.607. The third-order valence-corrected chi connectivity index (χ3v) is 4.96. The molecule has 0 aromatic heterocycles. The molecule has 0 aliphatic carbocycles. The second-order valence-corrected chi connectivity index (χ2v) is 6.78. The average molecular weight is 337 g/mol. The number of rotatable bonds is 7. The van der Waals surface area contributed by atoms with Gasteiger partial charge in [-0.05, 0) is 43.5 Å². The van der Waals surface area contributed by atoms with Gasteiger partial charge < -0.3 is 10.1 Å². The zero-order valence-corrected chi connectivity index (χ0v) is 14.7. The minimum atomic E-state index is -0.455. The zero-order chi connectivity index (χ0) is 17.4. The molecule has 1 N–H and O–H groups in total. The van der Waals surface area contributed by atoms with E-state index in [1.807, 2.05) is 24.3 Å². The molecule has 0 saturated carbocycles. The summed E-state index contributed by atoms with van der Waals surface area (Å²) in [5.41, 5.74) is 1.99. The second-order valence-electron chi connectivity index (χ2n) is 6.78. The predicted molar refractivity (Wildman–Crippen MR) is 100 cm³/mol. The lowest BCUT2D eigenvalue weighted by atomic mass is 9.84. The Morgan fingerprint density at radius 1 is 0.920 bits per heavy atom. The molecule has 3 nitrogen and oxygen atoms in total. The Hall–Kier alpha value is -2.13. The lowest BCUT2D eigenvalue weighted by Crippen LogP contribution is -2.43. The first-order valence-electron chi connectivity index (χ1n) is 9.31. The number of piperidine rings is 1. The Morgan fingerprint density at radius 3 is 2.24 bits per heavy atom. The number of carbonyl (C=O) groups is 1. The van der Waals surface area contributed by atoms with Crippen LogP contribution in [0.25, 0.3) is 0 Å². The van der Waals surface area contributed by atoms with E-state index in [9.17, 15) is 4.79 Å². The number of carbonyl (C=O) groups excluding carboxylic acids is 1. The van der Waals surface area contributed by atoms with E-state index in [1.165, 1.54) is 5.56 Å². The van der Waals surface area contributed by atoms with Crippen LogP contribution in [-0.2, 0) is 21.6 Å². The maximum Gasteiger partial charge on any atom is 0.306 e. The number of aryl methyl sites for hydroxylation is 1. The highest BCUT2D eigenvalue weighted by Gasteiger charge is 2.37. The first-order valence-corrected chi connectivity index (χ1v) is 9.31. The molecular weight excluding hydrogens is 310 g/mol. The van der Waals surface area contributed by atoms with Crippen LogP contribution >= 0.6 is 0 Å². The fourth-order valence-electron chi connectivity index (χ4n) is 3.53. The molecular formula is C22H27NO2. The number of benzene rings is 2. The van der Waals surface area contributed by atoms with Gasteiger partial charge in [-0.2, -0.15) is 0 Å². The largest absolute Gasteiger partial charge is 0.454 e. The molecule has 1 heterocycles. The monoisotopic (exact) mass is 337 g/mol. The second kappa shape index (κ2) is 8.82. The van der Waals surface area contributed by atoms with Crippen molar-refractivity contribution in [1.29, 1.82) is 0 Å². The van der Waals surface area contributed by atoms with E-state index in [2.05, 4.69) is 41.7 Å². The fraction of sp³-hybridized carbons (Fsp3) is 0.409. The molecule has 3 rings (SSSR count). The Bertz CT molecular complexity index is 648. The molecule has 3 heteroatoms. The standard InChI is InChI=1S/C22H27NO2/c24-21(14-8-7-11-19-9-3-1-4-10-19)25-22(15-17-23-18-16-22)20-12-5-2-6-13-20/h1-6,9-10,12-13,23H,7-8,11,14-18H2. The summed E-state index contributed by atoms with van der Waals surface area (Å²) in [6.07, 6.45) is 5.08. The molecule has 0 spiro atoms. The maximum absolute atomic E-state index is 12.5. The lowest BCUT2D eigenvalue weighted by Gasteiger charge is -2.37. The van der Waals surface area contributed by atoms with E-state index < -0.39 is 5.60 Å². The molecule has 132 valence electrons. The number of nitrogens with one attached hydrogen (secondary N) is 1. The van der Waals surface area contributed by atoms with E-state index in [1.54, 1.807) is 0 Å². The Balaban J connectivity index is 1.52. The summed E-state index contributed by atoms with van der Waals surface area (Å²) in [7, 11) is 0. The molecule has 1 aliphatic heterocycles. The first kappa shape index (κ1) is 17.7. The van der Waals surface area contributed by atoms with Gasteiger partial charge in [0.1, 0.15) is 5.60 Å². The summed E-state index contributed by atoms with van der Waals surface area (Å²) >= 11 is 0. The van der Waals surface area contributed by atoms with Gasteiger partial charge in [0.15, 0.2) is 0 Å². The van der Waals surface area contributed by atoms with E-state index in [0.29, 0.717) is 6.42 Å². The summed E-state index contributed by atoms with van der Waals surface area (Å²) in [6, 6.07) is 20.6. The van der Waals surface area contributed by atoms with Crippen molar-refractivity contribution in [2.75, 3.05) is 13.1 Å². The van der Waals surface area contributed by atoms with E-state index in [-0.39, 0.29) is 5.97 Å². The van der Waals surface area contributed by atoms with Gasteiger partial charge in [0.2, 0.25) is 0 Å². The van der Waals surface area contributed by atoms with E-state index in [4.69, 9.17) is 4.74 Å². The highest BCUT2D eigenvalue weighted by molar-refractivity contribution is 5.70. The third kappa shape index (κ3) is 4.93. The zero-order valence-electron chi connectivity index (χ0n) is 14.7. The van der Waals surface area contributed by atoms with Crippen LogP contribution in [0, 0.1) is 0 Å². The summed E-state index contributed by atoms with van der Waals surface area (Å²) in [4.78, 5) is 12.5. The third-order valence-electron chi connectivity index (χ3n) is 4.96. The van der Waals surface area contributed by atoms with Crippen molar-refractivity contribution in [3.05, 3.63) is 71.8 Å². The molecule has 0 amide bonds. The summed E-state index contributed by atoms with van der Waals surface area (Å²) in [6.45, 7) is 1.77. The van der Waals surface area contributed by atoms with Crippen molar-refractivity contribution < 1.29 is 9.53 Å². The van der Waals surface area contributed by atoms with Gasteiger partial charge in [-0.15, -0.1) is 0 Å². The van der Waals surface area contributed by atoms with Gasteiger partial charge >= 0.3 is 5.97 Å². The molecule has 1 fully saturated rings. The van der Waals surface area contributed by atoms with Crippen molar-refractivity contribution in [3.8, 4) is 0 Å². The maximum atomic E-state index is 12.5. The van der Waals surface area contributed by atoms with Crippen LogP contribution in [0.4, 0.5) is 0 Å². The van der Waals surface area contributed by atoms with Crippen LogP contribution < -0.4 is 5.32 Å². The molecule has 2 aromatic rings. The topological polar surface area (TPSA) is 38.3 Å². The van der Waals surface area contributed by atoms with E-state index in [0.717, 1.165) is 50.8 Å². The molecule has 25 heavy (non-hydrogen) atoms. The minimum Gasteiger partial charge on any atom is -0.454 e. The Kier molecular flexibility index (Phi) is 6.24. The summed E-state index contributed by atoms with van der Waals surface area (Å²) in [5.74, 6) is -0.0705. The van der Waals surface area contributed by atoms with Crippen molar-refractivity contribution in [1.82, 2.24) is 5.32 Å². The van der Waals surface area contributed by atoms with Gasteiger partial charge in [-0.25, -0.2) is 0 Å². The van der Waals surface area contributed by atoms with Crippen molar-refractivity contribution in [2.24, 2.45) is 0 Å². The molecule has 1 saturated heterocycles. The molecule has 0 unspecified atom stereocenters. The number of ether oxygens (including phenoxy) is 1. The van der Waals surface area contributed by atoms with Crippen molar-refractivity contribution >= 4 is 5.97 Å². The average Bonchev–Trinajstić information content (AvgIpc) is 2.67. The number of hydrogen-bond donors (Lipinski definition) is 1. The van der Waals surface area contributed by atoms with Crippen LogP contribution in [0.3, 0.4) is 0 Å². The van der Waals surface area contributed by atoms with Crippen LogP contribution in [0.1, 0.15) is 43.2 Å². The summed E-state index contributed by atoms with van der Waals surface area (Å²) < 4.78 is 6.04. The highest BCUT2D eigenvalue weighted by atomic mass is 16.6. The number of hydrogen-bond acceptors (Lipinski definition) is 3. The molecule has 0 atom stereocenters. The molecule has 0 bridgehead atoms. The number of unbranched alkanes of at least 4 members (excludes halogenated alkanes) is 1. The molecule has 2 aromatic carbocycles.